The molecule has 5 nitrogen and oxygen atoms in total. The second-order valence-electron chi connectivity index (χ2n) is 4.77. The molecule has 0 radical (unpaired) electrons. The highest BCUT2D eigenvalue weighted by Gasteiger charge is 2.22. The lowest BCUT2D eigenvalue weighted by molar-refractivity contribution is -0.117. The van der Waals surface area contributed by atoms with Crippen molar-refractivity contribution in [2.75, 3.05) is 5.32 Å². The molecule has 2 rings (SSSR count). The lowest BCUT2D eigenvalue weighted by Crippen LogP contribution is -2.41. The van der Waals surface area contributed by atoms with Gasteiger partial charge in [0.05, 0.1) is 16.6 Å². The predicted molar refractivity (Wildman–Crippen MR) is 89.0 cm³/mol. The summed E-state index contributed by atoms with van der Waals surface area (Å²) in [6.45, 7) is 1.38. The van der Waals surface area contributed by atoms with Crippen LogP contribution in [0.15, 0.2) is 57.9 Å². The fraction of sp³-hybridized carbons (Fsp3) is 0.133. The molecule has 1 amide bonds. The number of nitrogens with one attached hydrogen (secondary N) is 2. The topological polar surface area (TPSA) is 75.3 Å². The van der Waals surface area contributed by atoms with Gasteiger partial charge in [0.1, 0.15) is 5.82 Å². The second-order valence-corrected chi connectivity index (χ2v) is 7.40. The summed E-state index contributed by atoms with van der Waals surface area (Å²) < 4.78 is 40.8. The highest BCUT2D eigenvalue weighted by atomic mass is 79.9. The number of anilines is 1. The molecule has 0 saturated heterocycles. The average Bonchev–Trinajstić information content (AvgIpc) is 2.50. The van der Waals surface area contributed by atoms with E-state index in [-0.39, 0.29) is 10.6 Å². The number of carbonyl (C=O) groups excluding carboxylic acids is 1. The number of hydrogen-bond donors (Lipinski definition) is 2. The van der Waals surface area contributed by atoms with Gasteiger partial charge in [-0.1, -0.05) is 34.1 Å². The first-order valence-corrected chi connectivity index (χ1v) is 8.90. The molecule has 23 heavy (non-hydrogen) atoms. The van der Waals surface area contributed by atoms with E-state index in [9.17, 15) is 17.6 Å². The molecule has 0 fully saturated rings. The van der Waals surface area contributed by atoms with Gasteiger partial charge in [-0.05, 0) is 37.3 Å². The molecule has 0 spiro atoms. The van der Waals surface area contributed by atoms with Crippen LogP contribution in [-0.4, -0.2) is 20.4 Å². The lowest BCUT2D eigenvalue weighted by Gasteiger charge is -2.15. The van der Waals surface area contributed by atoms with Crippen molar-refractivity contribution in [2.45, 2.75) is 17.9 Å². The van der Waals surface area contributed by atoms with Crippen LogP contribution in [0.3, 0.4) is 0 Å². The first-order chi connectivity index (χ1) is 10.8. The number of hydrogen-bond acceptors (Lipinski definition) is 3. The third-order valence-corrected chi connectivity index (χ3v) is 5.02. The van der Waals surface area contributed by atoms with E-state index in [1.807, 2.05) is 0 Å². The van der Waals surface area contributed by atoms with Gasteiger partial charge in [-0.25, -0.2) is 12.8 Å². The fourth-order valence-corrected chi connectivity index (χ4v) is 3.34. The normalized spacial score (nSPS) is 12.7. The quantitative estimate of drug-likeness (QED) is 0.809. The first kappa shape index (κ1) is 17.6. The van der Waals surface area contributed by atoms with E-state index in [1.165, 1.54) is 31.2 Å². The Morgan fingerprint density at radius 3 is 2.43 bits per heavy atom. The molecular weight excluding hydrogens is 387 g/mol. The summed E-state index contributed by atoms with van der Waals surface area (Å²) in [6.07, 6.45) is 0. The zero-order valence-corrected chi connectivity index (χ0v) is 14.5. The fourth-order valence-electron chi connectivity index (χ4n) is 1.79. The molecule has 0 aliphatic carbocycles. The number of rotatable bonds is 5. The largest absolute Gasteiger partial charge is 0.322 e. The summed E-state index contributed by atoms with van der Waals surface area (Å²) in [6, 6.07) is 10.8. The van der Waals surface area contributed by atoms with Gasteiger partial charge in [-0.3, -0.25) is 4.79 Å². The molecule has 8 heteroatoms. The molecule has 2 aromatic carbocycles. The van der Waals surface area contributed by atoms with Crippen LogP contribution in [0.1, 0.15) is 6.92 Å². The Hall–Kier alpha value is -1.77. The van der Waals surface area contributed by atoms with E-state index >= 15 is 0 Å². The van der Waals surface area contributed by atoms with Crippen molar-refractivity contribution in [1.82, 2.24) is 4.72 Å². The van der Waals surface area contributed by atoms with Crippen LogP contribution in [0.4, 0.5) is 10.1 Å². The molecule has 0 aliphatic heterocycles. The van der Waals surface area contributed by atoms with Crippen molar-refractivity contribution < 1.29 is 17.6 Å². The van der Waals surface area contributed by atoms with Crippen LogP contribution >= 0.6 is 15.9 Å². The first-order valence-electron chi connectivity index (χ1n) is 6.63. The Morgan fingerprint density at radius 1 is 1.17 bits per heavy atom. The molecule has 0 aromatic heterocycles. The Bertz CT molecular complexity index is 813. The van der Waals surface area contributed by atoms with Crippen LogP contribution in [0.5, 0.6) is 0 Å². The van der Waals surface area contributed by atoms with Crippen molar-refractivity contribution in [3.8, 4) is 0 Å². The maximum absolute atomic E-state index is 13.7. The Kier molecular flexibility index (Phi) is 5.51. The molecule has 1 atom stereocenters. The molecule has 0 saturated carbocycles. The van der Waals surface area contributed by atoms with Gasteiger partial charge in [0.15, 0.2) is 0 Å². The van der Waals surface area contributed by atoms with E-state index < -0.39 is 27.8 Å². The molecule has 0 bridgehead atoms. The zero-order chi connectivity index (χ0) is 17.0. The van der Waals surface area contributed by atoms with Gasteiger partial charge >= 0.3 is 0 Å². The number of benzene rings is 2. The third-order valence-electron chi connectivity index (χ3n) is 2.97. The Labute approximate surface area is 142 Å². The van der Waals surface area contributed by atoms with Gasteiger partial charge in [0, 0.05) is 4.47 Å². The van der Waals surface area contributed by atoms with E-state index in [0.29, 0.717) is 4.47 Å². The third kappa shape index (κ3) is 4.60. The van der Waals surface area contributed by atoms with Crippen molar-refractivity contribution >= 4 is 37.5 Å². The van der Waals surface area contributed by atoms with Crippen LogP contribution in [0.2, 0.25) is 0 Å². The summed E-state index contributed by atoms with van der Waals surface area (Å²) in [5.41, 5.74) is -0.0241. The van der Waals surface area contributed by atoms with Crippen LogP contribution < -0.4 is 10.0 Å². The maximum atomic E-state index is 13.7. The van der Waals surface area contributed by atoms with Crippen molar-refractivity contribution in [1.29, 1.82) is 0 Å². The van der Waals surface area contributed by atoms with Gasteiger partial charge in [0.25, 0.3) is 0 Å². The van der Waals surface area contributed by atoms with E-state index in [1.54, 1.807) is 24.3 Å². The van der Waals surface area contributed by atoms with Crippen molar-refractivity contribution in [3.63, 3.8) is 0 Å². The smallest absolute Gasteiger partial charge is 0.242 e. The monoisotopic (exact) mass is 400 g/mol. The summed E-state index contributed by atoms with van der Waals surface area (Å²) in [5, 5.41) is 2.35. The van der Waals surface area contributed by atoms with Gasteiger partial charge in [0.2, 0.25) is 15.9 Å². The molecule has 0 unspecified atom stereocenters. The minimum atomic E-state index is -3.83. The Morgan fingerprint density at radius 2 is 1.83 bits per heavy atom. The van der Waals surface area contributed by atoms with Crippen molar-refractivity contribution in [2.24, 2.45) is 0 Å². The number of sulfonamides is 1. The van der Waals surface area contributed by atoms with E-state index in [2.05, 4.69) is 26.0 Å². The van der Waals surface area contributed by atoms with Crippen LogP contribution in [0, 0.1) is 5.82 Å². The van der Waals surface area contributed by atoms with Gasteiger partial charge in [-0.15, -0.1) is 0 Å². The number of carbonyl (C=O) groups is 1. The predicted octanol–water partition coefficient (Wildman–Crippen LogP) is 2.89. The highest BCUT2D eigenvalue weighted by molar-refractivity contribution is 9.10. The van der Waals surface area contributed by atoms with Gasteiger partial charge in [-0.2, -0.15) is 4.72 Å². The van der Waals surface area contributed by atoms with Crippen molar-refractivity contribution in [3.05, 3.63) is 58.8 Å². The minimum Gasteiger partial charge on any atom is -0.322 e. The molecule has 0 aliphatic rings. The van der Waals surface area contributed by atoms with E-state index in [0.717, 1.165) is 0 Å². The molecule has 0 heterocycles. The average molecular weight is 401 g/mol. The Balaban J connectivity index is 2.08. The zero-order valence-electron chi connectivity index (χ0n) is 12.1. The molecule has 2 aromatic rings. The summed E-state index contributed by atoms with van der Waals surface area (Å²) in [4.78, 5) is 12.1. The SMILES string of the molecule is C[C@@H](NS(=O)(=O)c1ccccc1)C(=O)Nc1ccc(Br)cc1F. The maximum Gasteiger partial charge on any atom is 0.242 e. The van der Waals surface area contributed by atoms with Crippen LogP contribution in [0.25, 0.3) is 0 Å². The number of amides is 1. The summed E-state index contributed by atoms with van der Waals surface area (Å²) in [5.74, 6) is -1.28. The second kappa shape index (κ2) is 7.20. The van der Waals surface area contributed by atoms with Gasteiger partial charge < -0.3 is 5.32 Å². The minimum absolute atomic E-state index is 0.0241. The highest BCUT2D eigenvalue weighted by Crippen LogP contribution is 2.19. The summed E-state index contributed by atoms with van der Waals surface area (Å²) >= 11 is 3.11. The number of halogens is 2. The molecule has 2 N–H and O–H groups in total. The molecule has 122 valence electrons. The van der Waals surface area contributed by atoms with Crippen LogP contribution in [-0.2, 0) is 14.8 Å². The molecular formula is C15H14BrFN2O3S. The van der Waals surface area contributed by atoms with E-state index in [4.69, 9.17) is 0 Å². The summed E-state index contributed by atoms with van der Waals surface area (Å²) in [7, 11) is -3.83. The standard InChI is InChI=1S/C15H14BrFN2O3S/c1-10(19-23(21,22)12-5-3-2-4-6-12)15(20)18-14-8-7-11(16)9-13(14)17/h2-10,19H,1H3,(H,18,20)/t10-/m1/s1. The lowest BCUT2D eigenvalue weighted by atomic mass is 10.2.